The first-order valence-electron chi connectivity index (χ1n) is 12.8. The van der Waals surface area contributed by atoms with E-state index in [0.29, 0.717) is 17.1 Å². The normalized spacial score (nSPS) is 13.4. The van der Waals surface area contributed by atoms with E-state index >= 15 is 0 Å². The SMILES string of the molecule is O=C(Nc1nn[nH]n1)c1ccc(CN(C(=O)C=Cc2ccccc2Cl)c2ccc(N3CCCCC3)cc2)cc1. The second kappa shape index (κ2) is 12.4. The van der Waals surface area contributed by atoms with Crippen molar-refractivity contribution in [2.75, 3.05) is 28.2 Å². The van der Waals surface area contributed by atoms with Crippen LogP contribution in [-0.2, 0) is 11.3 Å². The van der Waals surface area contributed by atoms with E-state index in [9.17, 15) is 9.59 Å². The van der Waals surface area contributed by atoms with Gasteiger partial charge in [0.1, 0.15) is 0 Å². The lowest BCUT2D eigenvalue weighted by Gasteiger charge is -2.29. The number of rotatable bonds is 8. The molecular formula is C29H28ClN7O2. The molecule has 39 heavy (non-hydrogen) atoms. The molecule has 0 radical (unpaired) electrons. The van der Waals surface area contributed by atoms with Crippen LogP contribution in [0, 0.1) is 0 Å². The number of hydrogen-bond donors (Lipinski definition) is 2. The number of tetrazole rings is 1. The second-order valence-corrected chi connectivity index (χ2v) is 9.64. The number of piperidine rings is 1. The van der Waals surface area contributed by atoms with Gasteiger partial charge in [0.25, 0.3) is 17.8 Å². The van der Waals surface area contributed by atoms with E-state index in [1.807, 2.05) is 42.5 Å². The van der Waals surface area contributed by atoms with Gasteiger partial charge in [-0.3, -0.25) is 14.9 Å². The number of H-pyrrole nitrogens is 1. The Hall–Kier alpha value is -4.50. The van der Waals surface area contributed by atoms with E-state index in [4.69, 9.17) is 11.6 Å². The smallest absolute Gasteiger partial charge is 0.270 e. The van der Waals surface area contributed by atoms with E-state index in [1.165, 1.54) is 25.3 Å². The van der Waals surface area contributed by atoms with E-state index in [2.05, 4.69) is 43.0 Å². The minimum Gasteiger partial charge on any atom is -0.372 e. The van der Waals surface area contributed by atoms with Gasteiger partial charge in [-0.2, -0.15) is 5.21 Å². The van der Waals surface area contributed by atoms with Crippen molar-refractivity contribution in [1.29, 1.82) is 0 Å². The van der Waals surface area contributed by atoms with Crippen LogP contribution in [0.25, 0.3) is 6.08 Å². The molecule has 198 valence electrons. The molecule has 0 atom stereocenters. The van der Waals surface area contributed by atoms with Gasteiger partial charge in [-0.25, -0.2) is 0 Å². The zero-order chi connectivity index (χ0) is 27.0. The molecular weight excluding hydrogens is 514 g/mol. The van der Waals surface area contributed by atoms with Crippen LogP contribution in [-0.4, -0.2) is 45.5 Å². The number of hydrogen-bond acceptors (Lipinski definition) is 6. The molecule has 1 aliphatic heterocycles. The number of amides is 2. The van der Waals surface area contributed by atoms with Crippen LogP contribution in [0.1, 0.15) is 40.7 Å². The lowest BCUT2D eigenvalue weighted by Crippen LogP contribution is -2.30. The van der Waals surface area contributed by atoms with E-state index in [0.717, 1.165) is 35.6 Å². The van der Waals surface area contributed by atoms with Crippen molar-refractivity contribution in [2.24, 2.45) is 0 Å². The fraction of sp³-hybridized carbons (Fsp3) is 0.207. The molecule has 0 spiro atoms. The molecule has 1 aromatic heterocycles. The molecule has 0 saturated carbocycles. The van der Waals surface area contributed by atoms with Gasteiger partial charge in [-0.1, -0.05) is 47.0 Å². The average molecular weight is 542 g/mol. The minimum absolute atomic E-state index is 0.0964. The summed E-state index contributed by atoms with van der Waals surface area (Å²) in [6.07, 6.45) is 6.93. The van der Waals surface area contributed by atoms with Crippen molar-refractivity contribution >= 4 is 46.8 Å². The number of halogens is 1. The number of anilines is 3. The van der Waals surface area contributed by atoms with Crippen molar-refractivity contribution in [1.82, 2.24) is 20.6 Å². The molecule has 0 bridgehead atoms. The van der Waals surface area contributed by atoms with Gasteiger partial charge in [0.15, 0.2) is 0 Å². The summed E-state index contributed by atoms with van der Waals surface area (Å²) < 4.78 is 0. The Morgan fingerprint density at radius 2 is 1.72 bits per heavy atom. The van der Waals surface area contributed by atoms with Gasteiger partial charge >= 0.3 is 0 Å². The zero-order valence-electron chi connectivity index (χ0n) is 21.3. The highest BCUT2D eigenvalue weighted by Gasteiger charge is 2.17. The maximum absolute atomic E-state index is 13.5. The molecule has 9 nitrogen and oxygen atoms in total. The Labute approximate surface area is 231 Å². The van der Waals surface area contributed by atoms with Gasteiger partial charge in [-0.15, -0.1) is 5.10 Å². The molecule has 3 aromatic carbocycles. The van der Waals surface area contributed by atoms with Crippen LogP contribution in [0.5, 0.6) is 0 Å². The highest BCUT2D eigenvalue weighted by atomic mass is 35.5. The molecule has 2 amide bonds. The zero-order valence-corrected chi connectivity index (χ0v) is 22.0. The quantitative estimate of drug-likeness (QED) is 0.291. The first kappa shape index (κ1) is 26.1. The Morgan fingerprint density at radius 1 is 0.974 bits per heavy atom. The van der Waals surface area contributed by atoms with Crippen molar-refractivity contribution < 1.29 is 9.59 Å². The summed E-state index contributed by atoms with van der Waals surface area (Å²) in [5.74, 6) is -0.439. The van der Waals surface area contributed by atoms with Gasteiger partial charge in [0, 0.05) is 41.1 Å². The van der Waals surface area contributed by atoms with Crippen LogP contribution in [0.2, 0.25) is 5.02 Å². The first-order chi connectivity index (χ1) is 19.1. The first-order valence-corrected chi connectivity index (χ1v) is 13.2. The molecule has 10 heteroatoms. The predicted octanol–water partition coefficient (Wildman–Crippen LogP) is 5.34. The van der Waals surface area contributed by atoms with Crippen LogP contribution in [0.15, 0.2) is 78.9 Å². The van der Waals surface area contributed by atoms with Gasteiger partial charge in [0.2, 0.25) is 0 Å². The number of aromatic nitrogens is 4. The van der Waals surface area contributed by atoms with E-state index in [1.54, 1.807) is 29.2 Å². The molecule has 4 aromatic rings. The number of nitrogens with zero attached hydrogens (tertiary/aromatic N) is 5. The summed E-state index contributed by atoms with van der Waals surface area (Å²) in [6.45, 7) is 2.42. The third-order valence-corrected chi connectivity index (χ3v) is 6.93. The fourth-order valence-corrected chi connectivity index (χ4v) is 4.68. The number of carbonyl (C=O) groups excluding carboxylic acids is 2. The molecule has 2 N–H and O–H groups in total. The molecule has 5 rings (SSSR count). The Morgan fingerprint density at radius 3 is 2.41 bits per heavy atom. The summed E-state index contributed by atoms with van der Waals surface area (Å²) >= 11 is 6.28. The lowest BCUT2D eigenvalue weighted by atomic mass is 10.1. The van der Waals surface area contributed by atoms with Gasteiger partial charge < -0.3 is 9.80 Å². The van der Waals surface area contributed by atoms with Gasteiger partial charge in [0.05, 0.1) is 6.54 Å². The number of nitrogens with one attached hydrogen (secondary N) is 2. The largest absolute Gasteiger partial charge is 0.372 e. The summed E-state index contributed by atoms with van der Waals surface area (Å²) in [4.78, 5) is 30.0. The number of benzene rings is 3. The standard InChI is InChI=1S/C29H28ClN7O2/c30-26-7-3-2-6-22(26)12-17-27(38)37(25-15-13-24(14-16-25)36-18-4-1-5-19-36)20-21-8-10-23(11-9-21)28(39)31-29-32-34-35-33-29/h2-3,6-17H,1,4-5,18-20H2,(H2,31,32,33,34,35,39). The third-order valence-electron chi connectivity index (χ3n) is 6.59. The summed E-state index contributed by atoms with van der Waals surface area (Å²) in [6, 6.07) is 22.5. The van der Waals surface area contributed by atoms with E-state index < -0.39 is 0 Å². The van der Waals surface area contributed by atoms with Crippen LogP contribution in [0.4, 0.5) is 17.3 Å². The second-order valence-electron chi connectivity index (χ2n) is 9.23. The lowest BCUT2D eigenvalue weighted by molar-refractivity contribution is -0.114. The Kier molecular flexibility index (Phi) is 8.28. The van der Waals surface area contributed by atoms with E-state index in [-0.39, 0.29) is 17.8 Å². The summed E-state index contributed by atoms with van der Waals surface area (Å²) in [5.41, 5.74) is 4.01. The Balaban J connectivity index is 1.36. The molecule has 0 unspecified atom stereocenters. The molecule has 2 heterocycles. The third kappa shape index (κ3) is 6.69. The highest BCUT2D eigenvalue weighted by molar-refractivity contribution is 6.32. The molecule has 1 fully saturated rings. The highest BCUT2D eigenvalue weighted by Crippen LogP contribution is 2.26. The summed E-state index contributed by atoms with van der Waals surface area (Å²) in [5, 5.41) is 16.3. The minimum atomic E-state index is -0.355. The molecule has 0 aliphatic carbocycles. The van der Waals surface area contributed by atoms with Crippen LogP contribution < -0.4 is 15.1 Å². The number of aromatic amines is 1. The molecule has 1 aliphatic rings. The average Bonchev–Trinajstić information content (AvgIpc) is 3.49. The number of carbonyl (C=O) groups is 2. The maximum atomic E-state index is 13.5. The van der Waals surface area contributed by atoms with Crippen molar-refractivity contribution in [3.05, 3.63) is 101 Å². The van der Waals surface area contributed by atoms with Crippen molar-refractivity contribution in [3.63, 3.8) is 0 Å². The van der Waals surface area contributed by atoms with Crippen molar-refractivity contribution in [3.8, 4) is 0 Å². The summed E-state index contributed by atoms with van der Waals surface area (Å²) in [7, 11) is 0. The van der Waals surface area contributed by atoms with Crippen LogP contribution in [0.3, 0.4) is 0 Å². The topological polar surface area (TPSA) is 107 Å². The fourth-order valence-electron chi connectivity index (χ4n) is 4.49. The predicted molar refractivity (Wildman–Crippen MR) is 153 cm³/mol. The van der Waals surface area contributed by atoms with Crippen molar-refractivity contribution in [2.45, 2.75) is 25.8 Å². The van der Waals surface area contributed by atoms with Crippen LogP contribution >= 0.6 is 11.6 Å². The maximum Gasteiger partial charge on any atom is 0.270 e. The Bertz CT molecular complexity index is 1430. The van der Waals surface area contributed by atoms with Gasteiger partial charge in [-0.05, 0) is 84.1 Å². The molecule has 1 saturated heterocycles. The monoisotopic (exact) mass is 541 g/mol.